The summed E-state index contributed by atoms with van der Waals surface area (Å²) in [7, 11) is 0. The summed E-state index contributed by atoms with van der Waals surface area (Å²) in [4.78, 5) is 37.0. The first-order chi connectivity index (χ1) is 16.9. The van der Waals surface area contributed by atoms with Crippen LogP contribution in [-0.2, 0) is 4.79 Å². The molecule has 10 heteroatoms. The summed E-state index contributed by atoms with van der Waals surface area (Å²) in [5, 5.41) is 7.63. The molecule has 0 atom stereocenters. The van der Waals surface area contributed by atoms with Crippen LogP contribution in [-0.4, -0.2) is 30.5 Å². The number of fused-ring (bicyclic) bond motifs is 1. The van der Waals surface area contributed by atoms with Gasteiger partial charge in [-0.25, -0.2) is 10.2 Å². The second-order valence-electron chi connectivity index (χ2n) is 7.16. The van der Waals surface area contributed by atoms with E-state index in [1.807, 2.05) is 36.4 Å². The molecule has 0 radical (unpaired) electrons. The molecule has 3 aromatic carbocycles. The van der Waals surface area contributed by atoms with Crippen molar-refractivity contribution >= 4 is 79.6 Å². The lowest BCUT2D eigenvalue weighted by molar-refractivity contribution is -0.120. The Balaban J connectivity index is 1.27. The van der Waals surface area contributed by atoms with Gasteiger partial charge in [0, 0.05) is 13.7 Å². The van der Waals surface area contributed by atoms with Crippen molar-refractivity contribution in [2.75, 3.05) is 6.54 Å². The number of carbonyl (C=O) groups excluding carboxylic acids is 3. The molecule has 0 aliphatic rings. The molecule has 0 aliphatic carbocycles. The maximum Gasteiger partial charge on any atom is 0.355 e. The number of benzene rings is 3. The maximum atomic E-state index is 12.6. The third-order valence-electron chi connectivity index (χ3n) is 4.74. The van der Waals surface area contributed by atoms with Gasteiger partial charge in [0.15, 0.2) is 0 Å². The average Bonchev–Trinajstić information content (AvgIpc) is 3.20. The van der Waals surface area contributed by atoms with Gasteiger partial charge in [0.25, 0.3) is 11.8 Å². The number of hydrazone groups is 1. The fourth-order valence-corrected chi connectivity index (χ4v) is 5.06. The summed E-state index contributed by atoms with van der Waals surface area (Å²) < 4.78 is 7.14. The molecule has 0 saturated heterocycles. The number of thiophene rings is 1. The Morgan fingerprint density at radius 3 is 2.46 bits per heavy atom. The van der Waals surface area contributed by atoms with E-state index in [1.165, 1.54) is 17.6 Å². The second-order valence-corrected chi connectivity index (χ2v) is 9.75. The number of ether oxygens (including phenoxy) is 1. The molecule has 0 bridgehead atoms. The molecule has 0 saturated carbocycles. The van der Waals surface area contributed by atoms with Gasteiger partial charge in [0.2, 0.25) is 0 Å². The molecule has 0 spiro atoms. The van der Waals surface area contributed by atoms with E-state index in [9.17, 15) is 14.4 Å². The van der Waals surface area contributed by atoms with Gasteiger partial charge in [-0.3, -0.25) is 9.59 Å². The van der Waals surface area contributed by atoms with E-state index in [0.717, 1.165) is 13.7 Å². The standard InChI is InChI=1S/C25H17ClIN3O4S/c26-22-18-6-2-4-8-20(18)35-23(22)25(33)34-16-11-9-15(10-12-16)13-29-30-21(31)14-28-24(32)17-5-1-3-7-19(17)27/h1-13H,14H2,(H,28,32)(H,30,31). The van der Waals surface area contributed by atoms with Gasteiger partial charge in [-0.05, 0) is 70.6 Å². The van der Waals surface area contributed by atoms with E-state index in [-0.39, 0.29) is 12.5 Å². The Labute approximate surface area is 223 Å². The van der Waals surface area contributed by atoms with E-state index in [0.29, 0.717) is 26.8 Å². The number of carbonyl (C=O) groups is 3. The van der Waals surface area contributed by atoms with Crippen LogP contribution in [0.4, 0.5) is 0 Å². The van der Waals surface area contributed by atoms with Crippen molar-refractivity contribution in [1.29, 1.82) is 0 Å². The monoisotopic (exact) mass is 617 g/mol. The minimum atomic E-state index is -0.530. The van der Waals surface area contributed by atoms with Gasteiger partial charge in [-0.2, -0.15) is 5.10 Å². The van der Waals surface area contributed by atoms with Gasteiger partial charge in [-0.1, -0.05) is 41.9 Å². The lowest BCUT2D eigenvalue weighted by Gasteiger charge is -2.06. The third-order valence-corrected chi connectivity index (χ3v) is 7.34. The Morgan fingerprint density at radius 2 is 1.71 bits per heavy atom. The van der Waals surface area contributed by atoms with E-state index in [4.69, 9.17) is 16.3 Å². The molecule has 35 heavy (non-hydrogen) atoms. The zero-order valence-electron chi connectivity index (χ0n) is 18.0. The Hall–Kier alpha value is -3.28. The van der Waals surface area contributed by atoms with Gasteiger partial charge >= 0.3 is 5.97 Å². The van der Waals surface area contributed by atoms with E-state index < -0.39 is 11.9 Å². The topological polar surface area (TPSA) is 96.9 Å². The molecule has 7 nitrogen and oxygen atoms in total. The van der Waals surface area contributed by atoms with Crippen LogP contribution in [0.5, 0.6) is 5.75 Å². The average molecular weight is 618 g/mol. The number of nitrogens with one attached hydrogen (secondary N) is 2. The molecule has 4 rings (SSSR count). The zero-order chi connectivity index (χ0) is 24.8. The summed E-state index contributed by atoms with van der Waals surface area (Å²) >= 11 is 9.68. The van der Waals surface area contributed by atoms with Crippen molar-refractivity contribution in [2.45, 2.75) is 0 Å². The first-order valence-corrected chi connectivity index (χ1v) is 12.5. The van der Waals surface area contributed by atoms with E-state index in [1.54, 1.807) is 36.4 Å². The number of rotatable bonds is 7. The smallest absolute Gasteiger partial charge is 0.355 e. The first-order valence-electron chi connectivity index (χ1n) is 10.3. The van der Waals surface area contributed by atoms with Crippen LogP contribution in [0.3, 0.4) is 0 Å². The molecule has 2 amide bonds. The summed E-state index contributed by atoms with van der Waals surface area (Å²) in [6, 6.07) is 21.2. The highest BCUT2D eigenvalue weighted by Gasteiger charge is 2.19. The molecular formula is C25H17ClIN3O4S. The quantitative estimate of drug-likeness (QED) is 0.0973. The molecule has 2 N–H and O–H groups in total. The fourth-order valence-electron chi connectivity index (χ4n) is 3.04. The number of amides is 2. The highest BCUT2D eigenvalue weighted by atomic mass is 127. The molecule has 1 aromatic heterocycles. The van der Waals surface area contributed by atoms with Crippen LogP contribution < -0.4 is 15.5 Å². The maximum absolute atomic E-state index is 12.6. The Bertz CT molecular complexity index is 1440. The van der Waals surface area contributed by atoms with Gasteiger partial charge in [0.1, 0.15) is 10.6 Å². The highest BCUT2D eigenvalue weighted by molar-refractivity contribution is 14.1. The SMILES string of the molecule is O=C(CNC(=O)c1ccccc1I)NN=Cc1ccc(OC(=O)c2sc3ccccc3c2Cl)cc1. The Morgan fingerprint density at radius 1 is 1.00 bits per heavy atom. The molecule has 0 aliphatic heterocycles. The van der Waals surface area contributed by atoms with Crippen molar-refractivity contribution in [2.24, 2.45) is 5.10 Å². The summed E-state index contributed by atoms with van der Waals surface area (Å²) in [6.45, 7) is -0.212. The van der Waals surface area contributed by atoms with Crippen molar-refractivity contribution < 1.29 is 19.1 Å². The second kappa shape index (κ2) is 11.4. The molecular weight excluding hydrogens is 601 g/mol. The molecule has 0 fully saturated rings. The molecule has 176 valence electrons. The van der Waals surface area contributed by atoms with Gasteiger partial charge < -0.3 is 10.1 Å². The molecule has 1 heterocycles. The summed E-state index contributed by atoms with van der Waals surface area (Å²) in [5.74, 6) is -0.984. The number of nitrogens with zero attached hydrogens (tertiary/aromatic N) is 1. The highest BCUT2D eigenvalue weighted by Crippen LogP contribution is 2.35. The van der Waals surface area contributed by atoms with Crippen LogP contribution in [0, 0.1) is 3.57 Å². The summed E-state index contributed by atoms with van der Waals surface area (Å²) in [6.07, 6.45) is 1.44. The molecule has 4 aromatic rings. The van der Waals surface area contributed by atoms with E-state index in [2.05, 4.69) is 38.4 Å². The lowest BCUT2D eigenvalue weighted by atomic mass is 10.2. The number of hydrogen-bond acceptors (Lipinski definition) is 6. The minimum Gasteiger partial charge on any atom is -0.422 e. The summed E-state index contributed by atoms with van der Waals surface area (Å²) in [5.41, 5.74) is 3.53. The van der Waals surface area contributed by atoms with Crippen molar-refractivity contribution in [3.05, 3.63) is 97.4 Å². The fraction of sp³-hybridized carbons (Fsp3) is 0.0400. The predicted octanol–water partition coefficient (Wildman–Crippen LogP) is 5.26. The zero-order valence-corrected chi connectivity index (χ0v) is 21.7. The normalized spacial score (nSPS) is 10.9. The van der Waals surface area contributed by atoms with Crippen LogP contribution >= 0.6 is 45.5 Å². The van der Waals surface area contributed by atoms with Crippen LogP contribution in [0.2, 0.25) is 5.02 Å². The van der Waals surface area contributed by atoms with Crippen molar-refractivity contribution in [3.8, 4) is 5.75 Å². The number of halogens is 2. The van der Waals surface area contributed by atoms with Gasteiger partial charge in [0.05, 0.1) is 23.3 Å². The Kier molecular flexibility index (Phi) is 8.11. The van der Waals surface area contributed by atoms with Gasteiger partial charge in [-0.15, -0.1) is 11.3 Å². The predicted molar refractivity (Wildman–Crippen MR) is 145 cm³/mol. The van der Waals surface area contributed by atoms with Crippen molar-refractivity contribution in [1.82, 2.24) is 10.7 Å². The molecule has 0 unspecified atom stereocenters. The van der Waals surface area contributed by atoms with Crippen LogP contribution in [0.1, 0.15) is 25.6 Å². The number of hydrogen-bond donors (Lipinski definition) is 2. The first kappa shape index (κ1) is 24.8. The minimum absolute atomic E-state index is 0.212. The lowest BCUT2D eigenvalue weighted by Crippen LogP contribution is -2.35. The third kappa shape index (κ3) is 6.24. The van der Waals surface area contributed by atoms with Crippen LogP contribution in [0.15, 0.2) is 77.9 Å². The van der Waals surface area contributed by atoms with Crippen molar-refractivity contribution in [3.63, 3.8) is 0 Å². The largest absolute Gasteiger partial charge is 0.422 e. The number of esters is 1. The van der Waals surface area contributed by atoms with E-state index >= 15 is 0 Å². The van der Waals surface area contributed by atoms with Crippen LogP contribution in [0.25, 0.3) is 10.1 Å².